The van der Waals surface area contributed by atoms with Gasteiger partial charge in [0.15, 0.2) is 5.78 Å². The molecule has 1 aromatic rings. The third-order valence-corrected chi connectivity index (χ3v) is 2.26. The van der Waals surface area contributed by atoms with Crippen LogP contribution in [-0.2, 0) is 0 Å². The van der Waals surface area contributed by atoms with E-state index in [-0.39, 0.29) is 24.2 Å². The number of hydrogen-bond acceptors (Lipinski definition) is 2. The van der Waals surface area contributed by atoms with Gasteiger partial charge >= 0.3 is 6.18 Å². The number of carbonyl (C=O) groups excluding carboxylic acids is 2. The number of rotatable bonds is 5. The lowest BCUT2D eigenvalue weighted by Crippen LogP contribution is -2.22. The topological polar surface area (TPSA) is 34.1 Å². The second-order valence-electron chi connectivity index (χ2n) is 3.62. The van der Waals surface area contributed by atoms with Crippen LogP contribution in [0.5, 0.6) is 0 Å². The minimum absolute atomic E-state index is 0.0108. The highest BCUT2D eigenvalue weighted by atomic mass is 19.4. The molecule has 98 valence electrons. The Labute approximate surface area is 101 Å². The van der Waals surface area contributed by atoms with Gasteiger partial charge in [0.1, 0.15) is 0 Å². The van der Waals surface area contributed by atoms with Gasteiger partial charge in [-0.05, 0) is 6.42 Å². The molecule has 0 radical (unpaired) electrons. The van der Waals surface area contributed by atoms with Crippen LogP contribution in [0.3, 0.4) is 0 Å². The molecule has 0 aliphatic rings. The quantitative estimate of drug-likeness (QED) is 0.602. The molecule has 0 aliphatic heterocycles. The number of benzene rings is 1. The Bertz CT molecular complexity index is 434. The third-order valence-electron chi connectivity index (χ3n) is 2.26. The van der Waals surface area contributed by atoms with Gasteiger partial charge in [-0.2, -0.15) is 13.2 Å². The first kappa shape index (κ1) is 14.3. The molecule has 0 saturated heterocycles. The Morgan fingerprint density at radius 1 is 1.00 bits per heavy atom. The molecule has 2 nitrogen and oxygen atoms in total. The van der Waals surface area contributed by atoms with Crippen molar-refractivity contribution in [3.63, 3.8) is 0 Å². The van der Waals surface area contributed by atoms with Crippen molar-refractivity contribution < 1.29 is 27.2 Å². The normalized spacial score (nSPS) is 11.3. The van der Waals surface area contributed by atoms with E-state index in [4.69, 9.17) is 0 Å². The highest BCUT2D eigenvalue weighted by Gasteiger charge is 2.39. The van der Waals surface area contributed by atoms with Gasteiger partial charge in [0.05, 0.1) is 6.67 Å². The second-order valence-corrected chi connectivity index (χ2v) is 3.62. The van der Waals surface area contributed by atoms with E-state index in [0.29, 0.717) is 0 Å². The lowest BCUT2D eigenvalue weighted by atomic mass is 10.0. The maximum absolute atomic E-state index is 12.1. The van der Waals surface area contributed by atoms with Crippen LogP contribution in [0.25, 0.3) is 0 Å². The first-order valence-electron chi connectivity index (χ1n) is 5.17. The van der Waals surface area contributed by atoms with Crippen molar-refractivity contribution >= 4 is 11.6 Å². The van der Waals surface area contributed by atoms with Crippen LogP contribution < -0.4 is 0 Å². The first-order chi connectivity index (χ1) is 8.36. The number of ketones is 2. The van der Waals surface area contributed by atoms with Gasteiger partial charge in [-0.15, -0.1) is 0 Å². The summed E-state index contributed by atoms with van der Waals surface area (Å²) in [6, 6.07) is 4.16. The average molecular weight is 262 g/mol. The number of alkyl halides is 4. The first-order valence-corrected chi connectivity index (χ1v) is 5.17. The highest BCUT2D eigenvalue weighted by Crippen LogP contribution is 2.21. The second kappa shape index (κ2) is 5.75. The minimum Gasteiger partial charge on any atom is -0.294 e. The van der Waals surface area contributed by atoms with Gasteiger partial charge in [-0.25, -0.2) is 0 Å². The van der Waals surface area contributed by atoms with E-state index in [1.807, 2.05) is 0 Å². The van der Waals surface area contributed by atoms with Gasteiger partial charge < -0.3 is 0 Å². The monoisotopic (exact) mass is 262 g/mol. The number of carbonyl (C=O) groups is 2. The fraction of sp³-hybridized carbons (Fsp3) is 0.333. The van der Waals surface area contributed by atoms with E-state index in [2.05, 4.69) is 0 Å². The Morgan fingerprint density at radius 2 is 1.50 bits per heavy atom. The van der Waals surface area contributed by atoms with Crippen LogP contribution in [0, 0.1) is 0 Å². The molecular formula is C12H10F4O2. The molecule has 18 heavy (non-hydrogen) atoms. The summed E-state index contributed by atoms with van der Waals surface area (Å²) in [5.41, 5.74) is -0.355. The van der Waals surface area contributed by atoms with Crippen molar-refractivity contribution in [2.24, 2.45) is 0 Å². The van der Waals surface area contributed by atoms with Gasteiger partial charge in [-0.3, -0.25) is 14.0 Å². The fourth-order valence-corrected chi connectivity index (χ4v) is 1.34. The fourth-order valence-electron chi connectivity index (χ4n) is 1.34. The van der Waals surface area contributed by atoms with Gasteiger partial charge in [0.2, 0.25) is 0 Å². The molecule has 0 unspecified atom stereocenters. The molecule has 6 heteroatoms. The van der Waals surface area contributed by atoms with Crippen molar-refractivity contribution in [2.45, 2.75) is 19.0 Å². The Balaban J connectivity index is 2.80. The van der Waals surface area contributed by atoms with Crippen LogP contribution >= 0.6 is 0 Å². The zero-order valence-electron chi connectivity index (χ0n) is 9.26. The SMILES string of the molecule is O=C(CCCF)c1ccc(C(=O)C(F)(F)F)cc1. The number of halogens is 4. The number of Topliss-reactive ketones (excluding diaryl/α,β-unsaturated/α-hetero) is 2. The molecule has 0 fully saturated rings. The van der Waals surface area contributed by atoms with E-state index in [0.717, 1.165) is 24.3 Å². The molecule has 0 saturated carbocycles. The summed E-state index contributed by atoms with van der Waals surface area (Å²) in [5.74, 6) is -2.32. The molecule has 1 rings (SSSR count). The van der Waals surface area contributed by atoms with E-state index in [1.54, 1.807) is 0 Å². The van der Waals surface area contributed by atoms with Crippen molar-refractivity contribution in [1.29, 1.82) is 0 Å². The van der Waals surface area contributed by atoms with Gasteiger partial charge in [-0.1, -0.05) is 24.3 Å². The zero-order chi connectivity index (χ0) is 13.8. The van der Waals surface area contributed by atoms with Crippen molar-refractivity contribution in [2.75, 3.05) is 6.67 Å². The molecular weight excluding hydrogens is 252 g/mol. The largest absolute Gasteiger partial charge is 0.454 e. The van der Waals surface area contributed by atoms with Crippen molar-refractivity contribution in [3.8, 4) is 0 Å². The minimum atomic E-state index is -4.93. The predicted octanol–water partition coefficient (Wildman–Crippen LogP) is 3.36. The maximum atomic E-state index is 12.1. The highest BCUT2D eigenvalue weighted by molar-refractivity contribution is 6.02. The summed E-state index contributed by atoms with van der Waals surface area (Å²) >= 11 is 0. The maximum Gasteiger partial charge on any atom is 0.454 e. The van der Waals surface area contributed by atoms with Gasteiger partial charge in [0.25, 0.3) is 5.78 Å². The van der Waals surface area contributed by atoms with E-state index in [9.17, 15) is 27.2 Å². The smallest absolute Gasteiger partial charge is 0.294 e. The van der Waals surface area contributed by atoms with Crippen LogP contribution in [0.1, 0.15) is 33.6 Å². The number of hydrogen-bond donors (Lipinski definition) is 0. The van der Waals surface area contributed by atoms with Crippen LogP contribution in [0.2, 0.25) is 0 Å². The molecule has 0 amide bonds. The molecule has 0 bridgehead atoms. The zero-order valence-corrected chi connectivity index (χ0v) is 9.26. The van der Waals surface area contributed by atoms with Crippen molar-refractivity contribution in [1.82, 2.24) is 0 Å². The molecule has 0 spiro atoms. The molecule has 0 aromatic heterocycles. The molecule has 0 atom stereocenters. The summed E-state index contributed by atoms with van der Waals surface area (Å²) in [6.45, 7) is -0.629. The average Bonchev–Trinajstić information content (AvgIpc) is 2.34. The Hall–Kier alpha value is -1.72. The summed E-state index contributed by atoms with van der Waals surface area (Å²) < 4.78 is 48.2. The summed E-state index contributed by atoms with van der Waals surface area (Å²) in [6.07, 6.45) is -4.87. The summed E-state index contributed by atoms with van der Waals surface area (Å²) in [4.78, 5) is 22.3. The van der Waals surface area contributed by atoms with Gasteiger partial charge in [0, 0.05) is 17.5 Å². The van der Waals surface area contributed by atoms with E-state index < -0.39 is 24.2 Å². The van der Waals surface area contributed by atoms with Crippen LogP contribution in [-0.4, -0.2) is 24.4 Å². The molecule has 1 aromatic carbocycles. The Kier molecular flexibility index (Phi) is 4.58. The van der Waals surface area contributed by atoms with Crippen molar-refractivity contribution in [3.05, 3.63) is 35.4 Å². The molecule has 0 N–H and O–H groups in total. The van der Waals surface area contributed by atoms with E-state index in [1.165, 1.54) is 0 Å². The summed E-state index contributed by atoms with van der Waals surface area (Å²) in [5, 5.41) is 0. The summed E-state index contributed by atoms with van der Waals surface area (Å²) in [7, 11) is 0. The molecule has 0 aliphatic carbocycles. The lowest BCUT2D eigenvalue weighted by molar-refractivity contribution is -0.0885. The predicted molar refractivity (Wildman–Crippen MR) is 56.4 cm³/mol. The lowest BCUT2D eigenvalue weighted by Gasteiger charge is -2.05. The molecule has 0 heterocycles. The van der Waals surface area contributed by atoms with Crippen LogP contribution in [0.4, 0.5) is 17.6 Å². The standard InChI is InChI=1S/C12H10F4O2/c13-7-1-2-10(17)8-3-5-9(6-4-8)11(18)12(14,15)16/h3-6H,1-2,7H2. The van der Waals surface area contributed by atoms with Crippen LogP contribution in [0.15, 0.2) is 24.3 Å². The van der Waals surface area contributed by atoms with E-state index >= 15 is 0 Å². The Morgan fingerprint density at radius 3 is 1.94 bits per heavy atom. The third kappa shape index (κ3) is 3.65.